The summed E-state index contributed by atoms with van der Waals surface area (Å²) in [6.45, 7) is 0. The van der Waals surface area contributed by atoms with Gasteiger partial charge in [0.25, 0.3) is 5.24 Å². The van der Waals surface area contributed by atoms with E-state index in [-0.39, 0.29) is 0 Å². The zero-order valence-electron chi connectivity index (χ0n) is 4.18. The molecule has 0 saturated heterocycles. The van der Waals surface area contributed by atoms with Crippen LogP contribution in [0.2, 0.25) is 0 Å². The first kappa shape index (κ1) is 10.3. The number of halogens is 6. The second kappa shape index (κ2) is 2.75. The molecule has 0 aliphatic rings. The highest BCUT2D eigenvalue weighted by Crippen LogP contribution is 2.41. The average molecular weight is 215 g/mol. The summed E-state index contributed by atoms with van der Waals surface area (Å²) in [4.78, 5) is 9.81. The minimum Gasteiger partial charge on any atom is -0.276 e. The Kier molecular flexibility index (Phi) is 2.85. The third-order valence-electron chi connectivity index (χ3n) is 0.603. The van der Waals surface area contributed by atoms with Gasteiger partial charge in [0.05, 0.1) is 0 Å². The smallest absolute Gasteiger partial charge is 0.276 e. The van der Waals surface area contributed by atoms with E-state index >= 15 is 0 Å². The van der Waals surface area contributed by atoms with E-state index in [1.54, 1.807) is 0 Å². The number of hydrogen-bond donors (Lipinski definition) is 0. The van der Waals surface area contributed by atoms with Crippen molar-refractivity contribution in [2.24, 2.45) is 0 Å². The van der Waals surface area contributed by atoms with Gasteiger partial charge in [-0.3, -0.25) is 4.79 Å². The summed E-state index contributed by atoms with van der Waals surface area (Å²) in [7, 11) is 0. The van der Waals surface area contributed by atoms with Crippen molar-refractivity contribution in [2.45, 2.75) is 10.5 Å². The fraction of sp³-hybridized carbons (Fsp3) is 0.667. The van der Waals surface area contributed by atoms with Gasteiger partial charge in [0.15, 0.2) is 0 Å². The molecular formula is C3Cl3F3O. The standard InChI is InChI=1S/C3Cl3F3O/c4-1(10)2(5,7)3(6,8)9. The lowest BCUT2D eigenvalue weighted by atomic mass is 10.4. The summed E-state index contributed by atoms with van der Waals surface area (Å²) >= 11 is 12.7. The molecule has 0 aromatic rings. The lowest BCUT2D eigenvalue weighted by Crippen LogP contribution is -2.39. The van der Waals surface area contributed by atoms with Gasteiger partial charge in [-0.15, -0.1) is 0 Å². The molecule has 1 atom stereocenters. The monoisotopic (exact) mass is 214 g/mol. The minimum atomic E-state index is -4.49. The topological polar surface area (TPSA) is 17.1 Å². The van der Waals surface area contributed by atoms with Gasteiger partial charge < -0.3 is 0 Å². The quantitative estimate of drug-likeness (QED) is 0.511. The molecule has 0 bridgehead atoms. The maximum absolute atomic E-state index is 12.1. The fourth-order valence-electron chi connectivity index (χ4n) is 0.111. The Morgan fingerprint density at radius 3 is 1.50 bits per heavy atom. The molecule has 0 amide bonds. The zero-order valence-corrected chi connectivity index (χ0v) is 6.44. The minimum absolute atomic E-state index is 2.05. The molecule has 0 aliphatic carbocycles. The molecule has 10 heavy (non-hydrogen) atoms. The Morgan fingerprint density at radius 1 is 1.20 bits per heavy atom. The van der Waals surface area contributed by atoms with Gasteiger partial charge in [-0.1, -0.05) is 11.6 Å². The van der Waals surface area contributed by atoms with E-state index in [2.05, 4.69) is 34.8 Å². The molecule has 0 fully saturated rings. The van der Waals surface area contributed by atoms with Crippen molar-refractivity contribution in [3.8, 4) is 0 Å². The number of rotatable bonds is 2. The summed E-state index contributed by atoms with van der Waals surface area (Å²) in [6, 6.07) is 0. The molecule has 0 spiro atoms. The maximum atomic E-state index is 12.1. The molecule has 1 unspecified atom stereocenters. The van der Waals surface area contributed by atoms with Crippen LogP contribution in [0.25, 0.3) is 0 Å². The summed E-state index contributed by atoms with van der Waals surface area (Å²) in [5, 5.41) is -10.6. The van der Waals surface area contributed by atoms with Crippen molar-refractivity contribution >= 4 is 40.0 Å². The number of alkyl halides is 5. The number of hydrogen-bond acceptors (Lipinski definition) is 1. The van der Waals surface area contributed by atoms with E-state index < -0.39 is 15.8 Å². The van der Waals surface area contributed by atoms with Crippen LogP contribution >= 0.6 is 34.8 Å². The first-order valence-electron chi connectivity index (χ1n) is 1.84. The summed E-state index contributed by atoms with van der Waals surface area (Å²) in [5.41, 5.74) is 0. The van der Waals surface area contributed by atoms with Crippen molar-refractivity contribution in [3.63, 3.8) is 0 Å². The molecule has 0 N–H and O–H groups in total. The van der Waals surface area contributed by atoms with Crippen LogP contribution in [0.4, 0.5) is 13.2 Å². The van der Waals surface area contributed by atoms with E-state index in [4.69, 9.17) is 0 Å². The van der Waals surface area contributed by atoms with Gasteiger partial charge in [0.2, 0.25) is 0 Å². The Hall–Kier alpha value is 0.330. The molecule has 0 saturated carbocycles. The third-order valence-corrected chi connectivity index (χ3v) is 1.73. The van der Waals surface area contributed by atoms with E-state index in [9.17, 15) is 18.0 Å². The maximum Gasteiger partial charge on any atom is 0.377 e. The van der Waals surface area contributed by atoms with E-state index in [0.717, 1.165) is 0 Å². The zero-order chi connectivity index (χ0) is 8.58. The molecule has 0 aliphatic heterocycles. The van der Waals surface area contributed by atoms with Crippen LogP contribution in [0, 0.1) is 0 Å². The largest absolute Gasteiger partial charge is 0.377 e. The summed E-state index contributed by atoms with van der Waals surface area (Å²) < 4.78 is 35.5. The lowest BCUT2D eigenvalue weighted by Gasteiger charge is -2.17. The van der Waals surface area contributed by atoms with E-state index in [0.29, 0.717) is 0 Å². The van der Waals surface area contributed by atoms with Crippen molar-refractivity contribution in [1.29, 1.82) is 0 Å². The molecule has 0 aromatic heterocycles. The molecule has 0 aromatic carbocycles. The van der Waals surface area contributed by atoms with E-state index in [1.165, 1.54) is 0 Å². The van der Waals surface area contributed by atoms with E-state index in [1.807, 2.05) is 0 Å². The first-order valence-corrected chi connectivity index (χ1v) is 2.97. The Morgan fingerprint density at radius 2 is 1.50 bits per heavy atom. The molecule has 1 nitrogen and oxygen atoms in total. The predicted molar refractivity (Wildman–Crippen MR) is 31.4 cm³/mol. The molecule has 0 heterocycles. The van der Waals surface area contributed by atoms with Gasteiger partial charge in [-0.2, -0.15) is 8.78 Å². The van der Waals surface area contributed by atoms with Crippen molar-refractivity contribution in [2.75, 3.05) is 0 Å². The molecule has 7 heteroatoms. The van der Waals surface area contributed by atoms with Gasteiger partial charge in [0, 0.05) is 0 Å². The van der Waals surface area contributed by atoms with Crippen molar-refractivity contribution in [3.05, 3.63) is 0 Å². The van der Waals surface area contributed by atoms with Crippen LogP contribution in [0.15, 0.2) is 0 Å². The van der Waals surface area contributed by atoms with Crippen LogP contribution in [0.1, 0.15) is 0 Å². The second-order valence-corrected chi connectivity index (χ2v) is 2.68. The highest BCUT2D eigenvalue weighted by atomic mass is 35.5. The van der Waals surface area contributed by atoms with Gasteiger partial charge in [-0.05, 0) is 23.2 Å². The summed E-state index contributed by atoms with van der Waals surface area (Å²) in [6.07, 6.45) is 0. The number of carbonyl (C=O) groups is 1. The predicted octanol–water partition coefficient (Wildman–Crippen LogP) is 2.49. The average Bonchev–Trinajstić information content (AvgIpc) is 1.62. The molecule has 60 valence electrons. The molecular weight excluding hydrogens is 215 g/mol. The van der Waals surface area contributed by atoms with Crippen LogP contribution in [0.5, 0.6) is 0 Å². The highest BCUT2D eigenvalue weighted by Gasteiger charge is 2.58. The van der Waals surface area contributed by atoms with Crippen LogP contribution < -0.4 is 0 Å². The number of carbonyl (C=O) groups excluding carboxylic acids is 1. The Labute approximate surface area is 69.0 Å². The first-order chi connectivity index (χ1) is 4.19. The van der Waals surface area contributed by atoms with Gasteiger partial charge in [0.1, 0.15) is 0 Å². The highest BCUT2D eigenvalue weighted by molar-refractivity contribution is 6.71. The van der Waals surface area contributed by atoms with Crippen LogP contribution in [-0.4, -0.2) is 15.8 Å². The van der Waals surface area contributed by atoms with Crippen molar-refractivity contribution in [1.82, 2.24) is 0 Å². The van der Waals surface area contributed by atoms with Gasteiger partial charge >= 0.3 is 10.5 Å². The van der Waals surface area contributed by atoms with Crippen molar-refractivity contribution < 1.29 is 18.0 Å². The van der Waals surface area contributed by atoms with Crippen LogP contribution in [-0.2, 0) is 4.79 Å². The normalized spacial score (nSPS) is 18.2. The Balaban J connectivity index is 4.57. The molecule has 0 rings (SSSR count). The fourth-order valence-corrected chi connectivity index (χ4v) is 0.364. The SMILES string of the molecule is O=C(Cl)C(F)(Cl)C(F)(F)Cl. The van der Waals surface area contributed by atoms with Gasteiger partial charge in [-0.25, -0.2) is 4.39 Å². The lowest BCUT2D eigenvalue weighted by molar-refractivity contribution is -0.127. The molecule has 0 radical (unpaired) electrons. The second-order valence-electron chi connectivity index (χ2n) is 1.35. The third kappa shape index (κ3) is 1.90. The van der Waals surface area contributed by atoms with Crippen LogP contribution in [0.3, 0.4) is 0 Å². The summed E-state index contributed by atoms with van der Waals surface area (Å²) in [5.74, 6) is 0. The Bertz CT molecular complexity index is 152.